The first-order valence-electron chi connectivity index (χ1n) is 16.1. The minimum atomic E-state index is -0.833. The molecular weight excluding hydrogens is 540 g/mol. The van der Waals surface area contributed by atoms with Crippen molar-refractivity contribution in [3.63, 3.8) is 0 Å². The number of unbranched alkanes of at least 4 members (excludes halogenated alkanes) is 1. The largest absolute Gasteiger partial charge is 0.481 e. The van der Waals surface area contributed by atoms with E-state index in [1.165, 1.54) is 32.1 Å². The predicted molar refractivity (Wildman–Crippen MR) is 166 cm³/mol. The van der Waals surface area contributed by atoms with Gasteiger partial charge in [-0.1, -0.05) is 61.8 Å². The highest BCUT2D eigenvalue weighted by molar-refractivity contribution is 5.62. The molecule has 0 radical (unpaired) electrons. The highest BCUT2D eigenvalue weighted by atomic mass is 17.0. The molecule has 3 rings (SSSR count). The molecule has 0 aromatic carbocycles. The van der Waals surface area contributed by atoms with Gasteiger partial charge in [0, 0.05) is 32.7 Å². The van der Waals surface area contributed by atoms with Crippen LogP contribution in [0.4, 0.5) is 0 Å². The van der Waals surface area contributed by atoms with Gasteiger partial charge in [-0.05, 0) is 73.5 Å². The lowest BCUT2D eigenvalue weighted by atomic mass is 9.62. The molecule has 250 valence electrons. The van der Waals surface area contributed by atoms with Crippen molar-refractivity contribution in [2.75, 3.05) is 26.4 Å². The van der Waals surface area contributed by atoms with Crippen molar-refractivity contribution in [2.24, 2.45) is 40.9 Å². The molecule has 0 bridgehead atoms. The van der Waals surface area contributed by atoms with Crippen LogP contribution in [0.1, 0.15) is 107 Å². The van der Waals surface area contributed by atoms with Crippen molar-refractivity contribution in [3.05, 3.63) is 0 Å². The second-order valence-electron chi connectivity index (χ2n) is 13.7. The van der Waals surface area contributed by atoms with Crippen molar-refractivity contribution >= 4 is 12.3 Å². The standard InChI is InChI=1S/C25H47O3.C4H10O2.2C2H4O2/c1-15(2)20(25(7,8)19(6)22-23-24(26)28(22)23)11-9-16(3)13-18(5)21-12-10-17(4)14-27-21;5-3-1-2-4-6;1-2(3)4;3-1-2-4/h15-24,26H,9-14H2,1-8H3;5-6H,1-4H2;1H3,(H,3,4);1,4H,2H2/q+1;;;/t16-,17+,18-,19-,20-,21-,22?,23+,24+;;;/m1.../s1. The molecule has 5 N–H and O–H groups in total. The quantitative estimate of drug-likeness (QED) is 0.0819. The van der Waals surface area contributed by atoms with E-state index in [2.05, 4.69) is 59.8 Å². The van der Waals surface area contributed by atoms with Gasteiger partial charge in [0.15, 0.2) is 0 Å². The number of fused-ring (bicyclic) bond motifs is 1. The van der Waals surface area contributed by atoms with Crippen LogP contribution < -0.4 is 0 Å². The van der Waals surface area contributed by atoms with Gasteiger partial charge in [0.2, 0.25) is 6.10 Å². The molecule has 42 heavy (non-hydrogen) atoms. The monoisotopic (exact) mass is 605 g/mol. The number of carbonyl (C=O) groups excluding carboxylic acids is 1. The Balaban J connectivity index is 0.00000100. The summed E-state index contributed by atoms with van der Waals surface area (Å²) >= 11 is 0. The van der Waals surface area contributed by atoms with Gasteiger partial charge in [-0.2, -0.15) is 0 Å². The Morgan fingerprint density at radius 2 is 1.52 bits per heavy atom. The average Bonchev–Trinajstić information content (AvgIpc) is 3.83. The van der Waals surface area contributed by atoms with E-state index in [-0.39, 0.29) is 26.1 Å². The zero-order valence-corrected chi connectivity index (χ0v) is 28.0. The minimum absolute atomic E-state index is 0.195. The van der Waals surface area contributed by atoms with E-state index in [4.69, 9.17) is 34.8 Å². The molecule has 3 fully saturated rings. The summed E-state index contributed by atoms with van der Waals surface area (Å²) in [4.78, 5) is 17.9. The van der Waals surface area contributed by atoms with Gasteiger partial charge in [0.1, 0.15) is 6.29 Å². The molecule has 3 aliphatic heterocycles. The Kier molecular flexibility index (Phi) is 20.2. The van der Waals surface area contributed by atoms with Gasteiger partial charge < -0.3 is 39.4 Å². The number of ether oxygens (including phenoxy) is 1. The number of hydrogen-bond acceptors (Lipinski definition) is 7. The van der Waals surface area contributed by atoms with Crippen LogP contribution in [0.3, 0.4) is 0 Å². The van der Waals surface area contributed by atoms with E-state index in [1.54, 1.807) is 0 Å². The minimum Gasteiger partial charge on any atom is -0.481 e. The third-order valence-electron chi connectivity index (χ3n) is 9.34. The normalized spacial score (nSPS) is 27.3. The van der Waals surface area contributed by atoms with Crippen molar-refractivity contribution in [1.29, 1.82) is 0 Å². The van der Waals surface area contributed by atoms with Crippen LogP contribution >= 0.6 is 0 Å². The Bertz CT molecular complexity index is 702. The topological polar surface area (TPSA) is 147 Å². The van der Waals surface area contributed by atoms with Gasteiger partial charge in [0.25, 0.3) is 5.97 Å². The van der Waals surface area contributed by atoms with Crippen molar-refractivity contribution < 1.29 is 44.2 Å². The molecule has 1 unspecified atom stereocenters. The van der Waals surface area contributed by atoms with E-state index >= 15 is 0 Å². The summed E-state index contributed by atoms with van der Waals surface area (Å²) in [5, 5.41) is 40.8. The lowest BCUT2D eigenvalue weighted by Gasteiger charge is -2.41. The number of aldehydes is 1. The van der Waals surface area contributed by atoms with Crippen LogP contribution in [0.5, 0.6) is 0 Å². The van der Waals surface area contributed by atoms with Crippen molar-refractivity contribution in [3.8, 4) is 0 Å². The maximum Gasteiger partial charge on any atom is 0.347 e. The molecule has 9 atom stereocenters. The van der Waals surface area contributed by atoms with Crippen LogP contribution in [0.15, 0.2) is 0 Å². The van der Waals surface area contributed by atoms with Gasteiger partial charge in [0.05, 0.1) is 12.7 Å². The van der Waals surface area contributed by atoms with E-state index in [0.29, 0.717) is 47.8 Å². The van der Waals surface area contributed by atoms with Crippen LogP contribution in [0.25, 0.3) is 0 Å². The summed E-state index contributed by atoms with van der Waals surface area (Å²) in [6.45, 7) is 21.4. The Labute approximate surface area is 255 Å². The molecule has 3 aliphatic rings. The molecule has 0 saturated carbocycles. The number of hydrogen-bond donors (Lipinski definition) is 5. The predicted octanol–water partition coefficient (Wildman–Crippen LogP) is 4.83. The SMILES string of the molecule is CC(=O)O.CC(C)[C@@H](CC[C@@H](C)C[C@@H](C)[C@H]1CC[C@H](C)CO1)C(C)(C)[C@H](C)C1[C@H]2[C@@H](O)[O+]12.O=CCO.OCCCCO. The fraction of sp³-hybridized carbons (Fsp3) is 0.939. The van der Waals surface area contributed by atoms with E-state index in [1.807, 2.05) is 0 Å². The highest BCUT2D eigenvalue weighted by Crippen LogP contribution is 2.63. The number of epoxide rings is 2. The summed E-state index contributed by atoms with van der Waals surface area (Å²) in [6, 6.07) is 0. The molecule has 0 aliphatic carbocycles. The second-order valence-corrected chi connectivity index (χ2v) is 13.7. The van der Waals surface area contributed by atoms with Gasteiger partial charge >= 0.3 is 12.4 Å². The first kappa shape index (κ1) is 40.9. The molecular formula is C33H65O9+. The third kappa shape index (κ3) is 14.6. The number of carboxylic acid groups (broad SMARTS) is 1. The van der Waals surface area contributed by atoms with Gasteiger partial charge in [-0.25, -0.2) is 0 Å². The van der Waals surface area contributed by atoms with Crippen LogP contribution in [0.2, 0.25) is 0 Å². The maximum absolute atomic E-state index is 9.68. The molecule has 3 heterocycles. The molecule has 9 nitrogen and oxygen atoms in total. The number of carbonyl (C=O) groups is 2. The molecule has 3 saturated heterocycles. The first-order valence-corrected chi connectivity index (χ1v) is 16.1. The number of rotatable bonds is 14. The van der Waals surface area contributed by atoms with Crippen LogP contribution in [-0.4, -0.2) is 88.8 Å². The summed E-state index contributed by atoms with van der Waals surface area (Å²) < 4.78 is 9.22. The highest BCUT2D eigenvalue weighted by Gasteiger charge is 2.87. The van der Waals surface area contributed by atoms with Crippen LogP contribution in [-0.2, 0) is 18.7 Å². The first-order chi connectivity index (χ1) is 19.6. The number of aliphatic carboxylic acids is 1. The number of aliphatic hydroxyl groups is 4. The Morgan fingerprint density at radius 1 is 1.02 bits per heavy atom. The van der Waals surface area contributed by atoms with Crippen molar-refractivity contribution in [1.82, 2.24) is 0 Å². The van der Waals surface area contributed by atoms with Crippen LogP contribution in [0, 0.1) is 40.9 Å². The Morgan fingerprint density at radius 3 is 1.88 bits per heavy atom. The molecule has 0 spiro atoms. The third-order valence-corrected chi connectivity index (χ3v) is 9.34. The number of carboxylic acids is 1. The maximum atomic E-state index is 9.68. The Hall–Kier alpha value is -1.10. The lowest BCUT2D eigenvalue weighted by molar-refractivity contribution is -0.134. The summed E-state index contributed by atoms with van der Waals surface area (Å²) in [5.74, 6) is 3.39. The lowest BCUT2D eigenvalue weighted by Crippen LogP contribution is -2.40. The summed E-state index contributed by atoms with van der Waals surface area (Å²) in [5.41, 5.74) is 0.299. The molecule has 0 amide bonds. The zero-order chi connectivity index (χ0) is 32.6. The molecule has 0 aromatic rings. The molecule has 0 aromatic heterocycles. The second kappa shape index (κ2) is 20.8. The fourth-order valence-corrected chi connectivity index (χ4v) is 6.51. The smallest absolute Gasteiger partial charge is 0.347 e. The van der Waals surface area contributed by atoms with Crippen molar-refractivity contribution in [2.45, 2.75) is 132 Å². The van der Waals surface area contributed by atoms with Gasteiger partial charge in [-0.3, -0.25) is 4.79 Å². The van der Waals surface area contributed by atoms with E-state index in [0.717, 1.165) is 44.1 Å². The molecule has 9 heteroatoms. The zero-order valence-electron chi connectivity index (χ0n) is 28.0. The van der Waals surface area contributed by atoms with E-state index in [9.17, 15) is 5.11 Å². The average molecular weight is 606 g/mol. The van der Waals surface area contributed by atoms with Gasteiger partial charge in [-0.15, -0.1) is 0 Å². The summed E-state index contributed by atoms with van der Waals surface area (Å²) in [7, 11) is 0. The fourth-order valence-electron chi connectivity index (χ4n) is 6.51. The number of aliphatic hydroxyl groups excluding tert-OH is 4. The van der Waals surface area contributed by atoms with E-state index < -0.39 is 5.97 Å². The summed E-state index contributed by atoms with van der Waals surface area (Å²) in [6.07, 6.45) is 9.61.